The average Bonchev–Trinajstić information content (AvgIpc) is 2.40. The maximum Gasteiger partial charge on any atom is 0.141 e. The van der Waals surface area contributed by atoms with Gasteiger partial charge in [0.25, 0.3) is 0 Å². The molecule has 2 rings (SSSR count). The van der Waals surface area contributed by atoms with Gasteiger partial charge in [0.2, 0.25) is 0 Å². The molecule has 0 aliphatic rings. The summed E-state index contributed by atoms with van der Waals surface area (Å²) in [6.07, 6.45) is 0. The van der Waals surface area contributed by atoms with Crippen molar-refractivity contribution in [2.24, 2.45) is 0 Å². The van der Waals surface area contributed by atoms with Crippen LogP contribution in [0.15, 0.2) is 42.5 Å². The van der Waals surface area contributed by atoms with Crippen LogP contribution in [0.25, 0.3) is 0 Å². The summed E-state index contributed by atoms with van der Waals surface area (Å²) in [6, 6.07) is 12.8. The van der Waals surface area contributed by atoms with Gasteiger partial charge in [-0.1, -0.05) is 23.7 Å². The highest BCUT2D eigenvalue weighted by molar-refractivity contribution is 6.30. The molecule has 0 fully saturated rings. The Morgan fingerprint density at radius 1 is 1.16 bits per heavy atom. The Labute approximate surface area is 117 Å². The van der Waals surface area contributed by atoms with Gasteiger partial charge < -0.3 is 10.2 Å². The minimum absolute atomic E-state index is 0.154. The zero-order valence-corrected chi connectivity index (χ0v) is 11.7. The Bertz CT molecular complexity index is 570. The molecule has 4 heteroatoms. The maximum atomic E-state index is 13.0. The van der Waals surface area contributed by atoms with Crippen LogP contribution < -0.4 is 10.2 Å². The van der Waals surface area contributed by atoms with Gasteiger partial charge in [-0.2, -0.15) is 0 Å². The second-order valence-electron chi connectivity index (χ2n) is 4.55. The number of benzene rings is 2. The van der Waals surface area contributed by atoms with Crippen LogP contribution in [0.5, 0.6) is 0 Å². The van der Waals surface area contributed by atoms with E-state index < -0.39 is 0 Å². The summed E-state index contributed by atoms with van der Waals surface area (Å²) < 4.78 is 13.0. The molecular weight excluding hydrogens is 263 g/mol. The van der Waals surface area contributed by atoms with Gasteiger partial charge in [0.05, 0.1) is 5.02 Å². The lowest BCUT2D eigenvalue weighted by molar-refractivity contribution is 0.627. The van der Waals surface area contributed by atoms with E-state index >= 15 is 0 Å². The predicted octanol–water partition coefficient (Wildman–Crippen LogP) is 4.16. The highest BCUT2D eigenvalue weighted by Crippen LogP contribution is 2.20. The Hall–Kier alpha value is -1.74. The molecule has 0 spiro atoms. The summed E-state index contributed by atoms with van der Waals surface area (Å²) in [4.78, 5) is 2.04. The van der Waals surface area contributed by atoms with Gasteiger partial charge in [0.15, 0.2) is 0 Å². The van der Waals surface area contributed by atoms with Gasteiger partial charge in [0, 0.05) is 32.0 Å². The Morgan fingerprint density at radius 2 is 1.95 bits per heavy atom. The van der Waals surface area contributed by atoms with E-state index in [0.717, 1.165) is 16.9 Å². The Morgan fingerprint density at radius 3 is 2.63 bits per heavy atom. The summed E-state index contributed by atoms with van der Waals surface area (Å²) in [6.45, 7) is 0.608. The molecule has 0 atom stereocenters. The fourth-order valence-corrected chi connectivity index (χ4v) is 1.95. The smallest absolute Gasteiger partial charge is 0.141 e. The zero-order valence-electron chi connectivity index (χ0n) is 11.0. The number of hydrogen-bond acceptors (Lipinski definition) is 2. The molecule has 19 heavy (non-hydrogen) atoms. The first-order valence-corrected chi connectivity index (χ1v) is 6.39. The van der Waals surface area contributed by atoms with Crippen LogP contribution in [0.3, 0.4) is 0 Å². The second-order valence-corrected chi connectivity index (χ2v) is 4.95. The molecule has 2 aromatic carbocycles. The summed E-state index contributed by atoms with van der Waals surface area (Å²) in [5.41, 5.74) is 3.09. The Balaban J connectivity index is 2.05. The second kappa shape index (κ2) is 5.93. The third-order valence-corrected chi connectivity index (χ3v) is 3.13. The lowest BCUT2D eigenvalue weighted by atomic mass is 10.2. The topological polar surface area (TPSA) is 15.3 Å². The van der Waals surface area contributed by atoms with Crippen LogP contribution in [0, 0.1) is 5.82 Å². The van der Waals surface area contributed by atoms with E-state index in [1.807, 2.05) is 37.2 Å². The Kier molecular flexibility index (Phi) is 4.27. The molecule has 1 N–H and O–H groups in total. The van der Waals surface area contributed by atoms with Crippen LogP contribution in [-0.4, -0.2) is 14.1 Å². The molecule has 0 bridgehead atoms. The van der Waals surface area contributed by atoms with E-state index in [9.17, 15) is 4.39 Å². The van der Waals surface area contributed by atoms with E-state index in [4.69, 9.17) is 11.6 Å². The molecule has 0 unspecified atom stereocenters. The van der Waals surface area contributed by atoms with Crippen LogP contribution in [-0.2, 0) is 6.54 Å². The molecule has 0 heterocycles. The average molecular weight is 279 g/mol. The quantitative estimate of drug-likeness (QED) is 0.903. The first-order chi connectivity index (χ1) is 9.06. The SMILES string of the molecule is CN(C)c1cccc(NCc2ccc(F)c(Cl)c2)c1. The number of nitrogens with zero attached hydrogens (tertiary/aromatic N) is 1. The van der Waals surface area contributed by atoms with Crippen molar-refractivity contribution in [3.05, 3.63) is 58.9 Å². The highest BCUT2D eigenvalue weighted by Gasteiger charge is 2.01. The molecule has 0 aromatic heterocycles. The van der Waals surface area contributed by atoms with Crippen LogP contribution in [0.4, 0.5) is 15.8 Å². The van der Waals surface area contributed by atoms with Crippen molar-refractivity contribution >= 4 is 23.0 Å². The number of nitrogens with one attached hydrogen (secondary N) is 1. The fourth-order valence-electron chi connectivity index (χ4n) is 1.75. The van der Waals surface area contributed by atoms with Gasteiger partial charge in [-0.25, -0.2) is 4.39 Å². The summed E-state index contributed by atoms with van der Waals surface area (Å²) >= 11 is 5.75. The van der Waals surface area contributed by atoms with Crippen LogP contribution in [0.1, 0.15) is 5.56 Å². The first-order valence-electron chi connectivity index (χ1n) is 6.01. The lowest BCUT2D eigenvalue weighted by Crippen LogP contribution is -2.09. The summed E-state index contributed by atoms with van der Waals surface area (Å²) in [5.74, 6) is -0.389. The van der Waals surface area contributed by atoms with Gasteiger partial charge in [-0.05, 0) is 35.9 Å². The van der Waals surface area contributed by atoms with Gasteiger partial charge in [-0.3, -0.25) is 0 Å². The normalized spacial score (nSPS) is 10.3. The number of hydrogen-bond donors (Lipinski definition) is 1. The van der Waals surface area contributed by atoms with Crippen molar-refractivity contribution in [1.29, 1.82) is 0 Å². The first kappa shape index (κ1) is 13.7. The highest BCUT2D eigenvalue weighted by atomic mass is 35.5. The molecule has 100 valence electrons. The molecule has 0 aliphatic carbocycles. The van der Waals surface area contributed by atoms with Gasteiger partial charge in [0.1, 0.15) is 5.82 Å². The molecule has 2 aromatic rings. The van der Waals surface area contributed by atoms with Crippen molar-refractivity contribution in [2.75, 3.05) is 24.3 Å². The minimum atomic E-state index is -0.389. The molecule has 2 nitrogen and oxygen atoms in total. The molecule has 0 saturated carbocycles. The van der Waals surface area contributed by atoms with Gasteiger partial charge in [-0.15, -0.1) is 0 Å². The van der Waals surface area contributed by atoms with Crippen molar-refractivity contribution in [3.63, 3.8) is 0 Å². The van der Waals surface area contributed by atoms with E-state index in [0.29, 0.717) is 6.54 Å². The standard InChI is InChI=1S/C15H16ClFN2/c1-19(2)13-5-3-4-12(9-13)18-10-11-6-7-15(17)14(16)8-11/h3-9,18H,10H2,1-2H3. The van der Waals surface area contributed by atoms with E-state index in [-0.39, 0.29) is 10.8 Å². The van der Waals surface area contributed by atoms with E-state index in [1.165, 1.54) is 6.07 Å². The van der Waals surface area contributed by atoms with Crippen LogP contribution in [0.2, 0.25) is 5.02 Å². The largest absolute Gasteiger partial charge is 0.381 e. The number of rotatable bonds is 4. The van der Waals surface area contributed by atoms with Crippen molar-refractivity contribution in [3.8, 4) is 0 Å². The summed E-state index contributed by atoms with van der Waals surface area (Å²) in [7, 11) is 4.00. The van der Waals surface area contributed by atoms with Crippen molar-refractivity contribution in [2.45, 2.75) is 6.54 Å². The monoisotopic (exact) mass is 278 g/mol. The zero-order chi connectivity index (χ0) is 13.8. The minimum Gasteiger partial charge on any atom is -0.381 e. The number of anilines is 2. The molecule has 0 aliphatic heterocycles. The molecular formula is C15H16ClFN2. The fraction of sp³-hybridized carbons (Fsp3) is 0.200. The molecule has 0 radical (unpaired) electrons. The summed E-state index contributed by atoms with van der Waals surface area (Å²) in [5, 5.41) is 3.45. The number of halogens is 2. The lowest BCUT2D eigenvalue weighted by Gasteiger charge is -2.14. The third kappa shape index (κ3) is 3.61. The van der Waals surface area contributed by atoms with Gasteiger partial charge >= 0.3 is 0 Å². The molecule has 0 amide bonds. The predicted molar refractivity (Wildman–Crippen MR) is 79.5 cm³/mol. The maximum absolute atomic E-state index is 13.0. The van der Waals surface area contributed by atoms with Crippen LogP contribution >= 0.6 is 11.6 Å². The van der Waals surface area contributed by atoms with Crippen molar-refractivity contribution < 1.29 is 4.39 Å². The molecule has 0 saturated heterocycles. The third-order valence-electron chi connectivity index (χ3n) is 2.84. The van der Waals surface area contributed by atoms with E-state index in [1.54, 1.807) is 12.1 Å². The van der Waals surface area contributed by atoms with Crippen molar-refractivity contribution in [1.82, 2.24) is 0 Å². The van der Waals surface area contributed by atoms with E-state index in [2.05, 4.69) is 11.4 Å².